The standard InChI is InChI=1S/C13H13N3O2/c17-11-5-8-3-1-2-4-10(8)12(11)16-13(18)9-6-14-15-7-9/h1-4,6-7,11-12,17H,5H2,(H,14,15)(H,16,18)/t11-,12+/m1/s1. The minimum atomic E-state index is -0.571. The van der Waals surface area contributed by atoms with Gasteiger partial charge in [-0.1, -0.05) is 24.3 Å². The Labute approximate surface area is 104 Å². The molecule has 92 valence electrons. The maximum Gasteiger partial charge on any atom is 0.255 e. The highest BCUT2D eigenvalue weighted by molar-refractivity contribution is 5.94. The summed E-state index contributed by atoms with van der Waals surface area (Å²) in [6.07, 6.45) is 3.00. The van der Waals surface area contributed by atoms with E-state index in [4.69, 9.17) is 0 Å². The predicted octanol–water partition coefficient (Wildman–Crippen LogP) is 0.798. The van der Waals surface area contributed by atoms with Crippen molar-refractivity contribution in [2.24, 2.45) is 0 Å². The normalized spacial score (nSPS) is 21.6. The summed E-state index contributed by atoms with van der Waals surface area (Å²) in [5.74, 6) is -0.232. The van der Waals surface area contributed by atoms with Gasteiger partial charge in [-0.25, -0.2) is 0 Å². The lowest BCUT2D eigenvalue weighted by Gasteiger charge is -2.17. The van der Waals surface area contributed by atoms with Crippen LogP contribution in [0.25, 0.3) is 0 Å². The highest BCUT2D eigenvalue weighted by Crippen LogP contribution is 2.31. The second-order valence-electron chi connectivity index (χ2n) is 4.41. The highest BCUT2D eigenvalue weighted by Gasteiger charge is 2.32. The van der Waals surface area contributed by atoms with Crippen LogP contribution >= 0.6 is 0 Å². The molecule has 0 fully saturated rings. The molecule has 1 aliphatic carbocycles. The van der Waals surface area contributed by atoms with E-state index in [9.17, 15) is 9.90 Å². The third-order valence-corrected chi connectivity index (χ3v) is 3.25. The van der Waals surface area contributed by atoms with E-state index >= 15 is 0 Å². The van der Waals surface area contributed by atoms with E-state index in [1.54, 1.807) is 0 Å². The van der Waals surface area contributed by atoms with Crippen molar-refractivity contribution in [3.05, 3.63) is 53.3 Å². The molecule has 18 heavy (non-hydrogen) atoms. The van der Waals surface area contributed by atoms with Gasteiger partial charge < -0.3 is 10.4 Å². The lowest BCUT2D eigenvalue weighted by molar-refractivity contribution is 0.0858. The average Bonchev–Trinajstić information content (AvgIpc) is 2.98. The third kappa shape index (κ3) is 1.78. The zero-order chi connectivity index (χ0) is 12.5. The molecule has 0 radical (unpaired) electrons. The minimum Gasteiger partial charge on any atom is -0.390 e. The Hall–Kier alpha value is -2.14. The fourth-order valence-electron chi connectivity index (χ4n) is 2.35. The molecule has 5 heteroatoms. The van der Waals surface area contributed by atoms with Crippen LogP contribution in [0.2, 0.25) is 0 Å². The van der Waals surface area contributed by atoms with Crippen LogP contribution in [0, 0.1) is 0 Å². The number of carbonyl (C=O) groups excluding carboxylic acids is 1. The van der Waals surface area contributed by atoms with Crippen LogP contribution in [0.4, 0.5) is 0 Å². The number of aliphatic hydroxyl groups excluding tert-OH is 1. The molecule has 2 atom stereocenters. The number of fused-ring (bicyclic) bond motifs is 1. The summed E-state index contributed by atoms with van der Waals surface area (Å²) < 4.78 is 0. The highest BCUT2D eigenvalue weighted by atomic mass is 16.3. The molecular weight excluding hydrogens is 230 g/mol. The Balaban J connectivity index is 1.83. The summed E-state index contributed by atoms with van der Waals surface area (Å²) in [7, 11) is 0. The van der Waals surface area contributed by atoms with Gasteiger partial charge in [-0.05, 0) is 11.1 Å². The first-order chi connectivity index (χ1) is 8.75. The lowest BCUT2D eigenvalue weighted by Crippen LogP contribution is -2.33. The number of hydrogen-bond acceptors (Lipinski definition) is 3. The van der Waals surface area contributed by atoms with Gasteiger partial charge in [0.2, 0.25) is 0 Å². The van der Waals surface area contributed by atoms with Gasteiger partial charge >= 0.3 is 0 Å². The molecule has 0 spiro atoms. The summed E-state index contributed by atoms with van der Waals surface area (Å²) >= 11 is 0. The second-order valence-corrected chi connectivity index (χ2v) is 4.41. The molecule has 0 unspecified atom stereocenters. The predicted molar refractivity (Wildman–Crippen MR) is 64.9 cm³/mol. The van der Waals surface area contributed by atoms with Crippen LogP contribution in [0.1, 0.15) is 27.5 Å². The van der Waals surface area contributed by atoms with Crippen LogP contribution in [0.3, 0.4) is 0 Å². The Morgan fingerprint density at radius 3 is 3.06 bits per heavy atom. The molecule has 1 aromatic heterocycles. The fraction of sp³-hybridized carbons (Fsp3) is 0.231. The van der Waals surface area contributed by atoms with E-state index in [1.807, 2.05) is 24.3 Å². The number of H-pyrrole nitrogens is 1. The van der Waals surface area contributed by atoms with Crippen molar-refractivity contribution in [2.45, 2.75) is 18.6 Å². The minimum absolute atomic E-state index is 0.232. The van der Waals surface area contributed by atoms with Crippen LogP contribution < -0.4 is 5.32 Å². The molecule has 1 heterocycles. The van der Waals surface area contributed by atoms with Crippen molar-refractivity contribution < 1.29 is 9.90 Å². The zero-order valence-corrected chi connectivity index (χ0v) is 9.63. The van der Waals surface area contributed by atoms with Crippen molar-refractivity contribution in [1.82, 2.24) is 15.5 Å². The smallest absolute Gasteiger partial charge is 0.255 e. The van der Waals surface area contributed by atoms with Gasteiger partial charge in [0, 0.05) is 12.6 Å². The molecule has 2 aromatic rings. The lowest BCUT2D eigenvalue weighted by atomic mass is 10.1. The maximum absolute atomic E-state index is 11.9. The van der Waals surface area contributed by atoms with Crippen LogP contribution in [0.15, 0.2) is 36.7 Å². The number of nitrogens with zero attached hydrogens (tertiary/aromatic N) is 1. The Kier molecular flexibility index (Phi) is 2.60. The molecule has 0 saturated carbocycles. The van der Waals surface area contributed by atoms with Gasteiger partial charge in [0.25, 0.3) is 5.91 Å². The molecule has 1 aliphatic rings. The van der Waals surface area contributed by atoms with E-state index in [-0.39, 0.29) is 11.9 Å². The van der Waals surface area contributed by atoms with Crippen molar-refractivity contribution >= 4 is 5.91 Å². The molecule has 3 rings (SSSR count). The molecule has 5 nitrogen and oxygen atoms in total. The number of aromatic nitrogens is 2. The molecule has 1 amide bonds. The van der Waals surface area contributed by atoms with E-state index in [0.29, 0.717) is 12.0 Å². The maximum atomic E-state index is 11.9. The molecule has 0 bridgehead atoms. The molecule has 0 aliphatic heterocycles. The fourth-order valence-corrected chi connectivity index (χ4v) is 2.35. The number of aliphatic hydroxyl groups is 1. The first-order valence-electron chi connectivity index (χ1n) is 5.81. The van der Waals surface area contributed by atoms with E-state index < -0.39 is 6.10 Å². The van der Waals surface area contributed by atoms with Gasteiger partial charge in [0.15, 0.2) is 0 Å². The number of benzene rings is 1. The number of hydrogen-bond donors (Lipinski definition) is 3. The van der Waals surface area contributed by atoms with Crippen LogP contribution in [-0.2, 0) is 6.42 Å². The summed E-state index contributed by atoms with van der Waals surface area (Å²) in [6, 6.07) is 7.41. The summed E-state index contributed by atoms with van der Waals surface area (Å²) in [6.45, 7) is 0. The number of carbonyl (C=O) groups is 1. The van der Waals surface area contributed by atoms with Crippen molar-refractivity contribution in [3.8, 4) is 0 Å². The number of nitrogens with one attached hydrogen (secondary N) is 2. The average molecular weight is 243 g/mol. The Morgan fingerprint density at radius 1 is 1.44 bits per heavy atom. The van der Waals surface area contributed by atoms with Crippen LogP contribution in [0.5, 0.6) is 0 Å². The van der Waals surface area contributed by atoms with Crippen molar-refractivity contribution in [1.29, 1.82) is 0 Å². The van der Waals surface area contributed by atoms with Crippen molar-refractivity contribution in [3.63, 3.8) is 0 Å². The molecule has 1 aromatic carbocycles. The second kappa shape index (κ2) is 4.27. The molecule has 0 saturated heterocycles. The summed E-state index contributed by atoms with van der Waals surface area (Å²) in [5.41, 5.74) is 2.54. The van der Waals surface area contributed by atoms with E-state index in [0.717, 1.165) is 11.1 Å². The van der Waals surface area contributed by atoms with Gasteiger partial charge in [-0.2, -0.15) is 5.10 Å². The number of aromatic amines is 1. The van der Waals surface area contributed by atoms with Gasteiger partial charge in [0.05, 0.1) is 23.9 Å². The van der Waals surface area contributed by atoms with Gasteiger partial charge in [0.1, 0.15) is 0 Å². The number of amides is 1. The first-order valence-corrected chi connectivity index (χ1v) is 5.81. The molecule has 3 N–H and O–H groups in total. The monoisotopic (exact) mass is 243 g/mol. The summed E-state index contributed by atoms with van der Waals surface area (Å²) in [4.78, 5) is 11.9. The quantitative estimate of drug-likeness (QED) is 0.730. The van der Waals surface area contributed by atoms with Gasteiger partial charge in [-0.3, -0.25) is 9.89 Å². The van der Waals surface area contributed by atoms with Crippen LogP contribution in [-0.4, -0.2) is 27.3 Å². The van der Waals surface area contributed by atoms with Crippen molar-refractivity contribution in [2.75, 3.05) is 0 Å². The van der Waals surface area contributed by atoms with E-state index in [1.165, 1.54) is 12.4 Å². The molecular formula is C13H13N3O2. The largest absolute Gasteiger partial charge is 0.390 e. The van der Waals surface area contributed by atoms with E-state index in [2.05, 4.69) is 15.5 Å². The Bertz CT molecular complexity index is 565. The first kappa shape index (κ1) is 11.0. The topological polar surface area (TPSA) is 78.0 Å². The SMILES string of the molecule is O=C(N[C@H]1c2ccccc2C[C@H]1O)c1cn[nH]c1. The van der Waals surface area contributed by atoms with Gasteiger partial charge in [-0.15, -0.1) is 0 Å². The Morgan fingerprint density at radius 2 is 2.28 bits per heavy atom. The number of rotatable bonds is 2. The zero-order valence-electron chi connectivity index (χ0n) is 9.63. The third-order valence-electron chi connectivity index (χ3n) is 3.25. The summed E-state index contributed by atoms with van der Waals surface area (Å²) in [5, 5.41) is 19.2.